The zero-order valence-corrected chi connectivity index (χ0v) is 24.2. The van der Waals surface area contributed by atoms with Crippen molar-refractivity contribution in [3.8, 4) is 11.1 Å². The van der Waals surface area contributed by atoms with Gasteiger partial charge in [-0.15, -0.1) is 0 Å². The van der Waals surface area contributed by atoms with Crippen LogP contribution in [0.2, 0.25) is 5.02 Å². The number of amides is 2. The highest BCUT2D eigenvalue weighted by atomic mass is 35.5. The Bertz CT molecular complexity index is 1550. The molecule has 3 atom stereocenters. The Morgan fingerprint density at radius 2 is 1.88 bits per heavy atom. The number of nitrogens with one attached hydrogen (secondary N) is 1. The van der Waals surface area contributed by atoms with E-state index in [0.717, 1.165) is 22.8 Å². The number of hydrogen-bond donors (Lipinski definition) is 2. The Labute approximate surface area is 247 Å². The second-order valence-electron chi connectivity index (χ2n) is 10.9. The largest absolute Gasteiger partial charge is 0.376 e. The molecular weight excluding hydrogens is 565 g/mol. The van der Waals surface area contributed by atoms with Crippen LogP contribution in [0.4, 0.5) is 10.1 Å². The maximum absolute atomic E-state index is 14.4. The Morgan fingerprint density at radius 3 is 2.57 bits per heavy atom. The lowest BCUT2D eigenvalue weighted by Crippen LogP contribution is -2.39. The molecule has 1 saturated heterocycles. The molecule has 3 heterocycles. The van der Waals surface area contributed by atoms with Crippen molar-refractivity contribution in [3.63, 3.8) is 0 Å². The summed E-state index contributed by atoms with van der Waals surface area (Å²) in [6.07, 6.45) is 1.93. The molecular formula is C31H33ClFN3O6. The van der Waals surface area contributed by atoms with E-state index in [0.29, 0.717) is 30.2 Å². The summed E-state index contributed by atoms with van der Waals surface area (Å²) < 4.78 is 33.5. The van der Waals surface area contributed by atoms with E-state index in [-0.39, 0.29) is 42.9 Å². The van der Waals surface area contributed by atoms with E-state index in [4.69, 9.17) is 31.5 Å². The van der Waals surface area contributed by atoms with Crippen LogP contribution in [0, 0.1) is 11.7 Å². The lowest BCUT2D eigenvalue weighted by molar-refractivity contribution is -0.124. The minimum absolute atomic E-state index is 0.0661. The summed E-state index contributed by atoms with van der Waals surface area (Å²) in [5.41, 5.74) is 7.89. The van der Waals surface area contributed by atoms with Gasteiger partial charge in [-0.05, 0) is 59.4 Å². The molecule has 2 unspecified atom stereocenters. The van der Waals surface area contributed by atoms with Crippen LogP contribution in [0.5, 0.6) is 0 Å². The lowest BCUT2D eigenvalue weighted by atomic mass is 9.89. The predicted octanol–water partition coefficient (Wildman–Crippen LogP) is 4.49. The first-order chi connectivity index (χ1) is 20.1. The first-order valence-corrected chi connectivity index (χ1v) is 14.2. The monoisotopic (exact) mass is 597 g/mol. The van der Waals surface area contributed by atoms with Gasteiger partial charge in [-0.3, -0.25) is 14.4 Å². The number of carbonyl (C=O) groups is 2. The van der Waals surface area contributed by atoms with Crippen molar-refractivity contribution in [2.45, 2.75) is 51.5 Å². The third kappa shape index (κ3) is 6.57. The summed E-state index contributed by atoms with van der Waals surface area (Å²) in [7, 11) is 0. The summed E-state index contributed by atoms with van der Waals surface area (Å²) >= 11 is 6.38. The fourth-order valence-electron chi connectivity index (χ4n) is 5.37. The van der Waals surface area contributed by atoms with Crippen molar-refractivity contribution in [1.29, 1.82) is 0 Å². The number of rotatable bonds is 7. The highest BCUT2D eigenvalue weighted by molar-refractivity contribution is 6.30. The summed E-state index contributed by atoms with van der Waals surface area (Å²) in [5.74, 6) is -2.11. The van der Waals surface area contributed by atoms with E-state index in [9.17, 15) is 18.8 Å². The molecule has 0 spiro atoms. The standard InChI is InChI=1S/C31H33ClFN3O6/c1-17(2)28-9-18-3-4-20(32)10-24(18)25-13-29(37)36(14-19(25)15-42-28)27(12-22-16-40-7-8-41-22)31(39)35-21-5-6-23(30(34)38)26(33)11-21/h3-6,10-11,13-14,17,22,27-28H,7-9,12,15-16H2,1-2H3,(H2,34,38)(H,35,39)/t22-,27?,28?/m1/s1. The normalized spacial score (nSPS) is 19.3. The fraction of sp³-hybridized carbons (Fsp3) is 0.387. The SMILES string of the molecule is CC(C)C1Cc2ccc(Cl)cc2-c2cc(=O)n(C(C[C@@H]3COCCO3)C(=O)Nc3ccc(C(N)=O)c(F)c3)cc2CO1. The van der Waals surface area contributed by atoms with Gasteiger partial charge in [0.15, 0.2) is 0 Å². The molecule has 0 radical (unpaired) electrons. The van der Waals surface area contributed by atoms with Gasteiger partial charge in [0.05, 0.1) is 44.2 Å². The minimum Gasteiger partial charge on any atom is -0.376 e. The van der Waals surface area contributed by atoms with Gasteiger partial charge in [0.1, 0.15) is 11.9 Å². The summed E-state index contributed by atoms with van der Waals surface area (Å²) in [6, 6.07) is 9.69. The number of ether oxygens (including phenoxy) is 3. The van der Waals surface area contributed by atoms with Crippen molar-refractivity contribution in [2.75, 3.05) is 25.1 Å². The quantitative estimate of drug-likeness (QED) is 0.414. The molecule has 0 aliphatic carbocycles. The maximum Gasteiger partial charge on any atom is 0.251 e. The lowest BCUT2D eigenvalue weighted by Gasteiger charge is -2.30. The van der Waals surface area contributed by atoms with Crippen molar-refractivity contribution >= 4 is 29.1 Å². The molecule has 2 aromatic carbocycles. The Morgan fingerprint density at radius 1 is 1.10 bits per heavy atom. The number of nitrogens with two attached hydrogens (primary N) is 1. The van der Waals surface area contributed by atoms with Crippen LogP contribution < -0.4 is 16.6 Å². The molecule has 9 nitrogen and oxygen atoms in total. The molecule has 222 valence electrons. The van der Waals surface area contributed by atoms with Crippen molar-refractivity contribution in [1.82, 2.24) is 4.57 Å². The van der Waals surface area contributed by atoms with E-state index in [1.165, 1.54) is 22.8 Å². The van der Waals surface area contributed by atoms with Crippen LogP contribution in [0.3, 0.4) is 0 Å². The van der Waals surface area contributed by atoms with E-state index < -0.39 is 35.3 Å². The third-order valence-corrected chi connectivity index (χ3v) is 7.89. The van der Waals surface area contributed by atoms with Gasteiger partial charge < -0.3 is 29.8 Å². The number of anilines is 1. The number of benzene rings is 2. The van der Waals surface area contributed by atoms with Crippen LogP contribution in [0.1, 0.15) is 47.8 Å². The Kier molecular flexibility index (Phi) is 9.08. The highest BCUT2D eigenvalue weighted by Crippen LogP contribution is 2.34. The molecule has 2 amide bonds. The molecule has 1 aromatic heterocycles. The van der Waals surface area contributed by atoms with Crippen LogP contribution in [-0.4, -0.2) is 48.4 Å². The number of nitrogens with zero attached hydrogens (tertiary/aromatic N) is 1. The van der Waals surface area contributed by atoms with Crippen LogP contribution in [0.25, 0.3) is 11.1 Å². The summed E-state index contributed by atoms with van der Waals surface area (Å²) in [5, 5.41) is 3.22. The van der Waals surface area contributed by atoms with Crippen LogP contribution in [0.15, 0.2) is 53.5 Å². The predicted molar refractivity (Wildman–Crippen MR) is 156 cm³/mol. The van der Waals surface area contributed by atoms with Gasteiger partial charge in [-0.2, -0.15) is 0 Å². The Balaban J connectivity index is 1.55. The molecule has 11 heteroatoms. The number of aromatic nitrogens is 1. The fourth-order valence-corrected chi connectivity index (χ4v) is 5.54. The van der Waals surface area contributed by atoms with E-state index in [1.807, 2.05) is 18.2 Å². The maximum atomic E-state index is 14.4. The van der Waals surface area contributed by atoms with Gasteiger partial charge in [0, 0.05) is 35.0 Å². The number of fused-ring (bicyclic) bond motifs is 3. The molecule has 3 aromatic rings. The van der Waals surface area contributed by atoms with Gasteiger partial charge in [0.25, 0.3) is 11.5 Å². The number of hydrogen-bond acceptors (Lipinski definition) is 6. The van der Waals surface area contributed by atoms with Gasteiger partial charge in [0.2, 0.25) is 5.91 Å². The molecule has 42 heavy (non-hydrogen) atoms. The first kappa shape index (κ1) is 29.9. The third-order valence-electron chi connectivity index (χ3n) is 7.65. The van der Waals surface area contributed by atoms with Crippen molar-refractivity contribution in [3.05, 3.63) is 86.5 Å². The summed E-state index contributed by atoms with van der Waals surface area (Å²) in [4.78, 5) is 38.8. The number of halogens is 2. The highest BCUT2D eigenvalue weighted by Gasteiger charge is 2.30. The zero-order valence-electron chi connectivity index (χ0n) is 23.4. The molecule has 5 rings (SSSR count). The summed E-state index contributed by atoms with van der Waals surface area (Å²) in [6.45, 7) is 5.47. The molecule has 2 aliphatic rings. The molecule has 1 fully saturated rings. The second-order valence-corrected chi connectivity index (χ2v) is 11.4. The van der Waals surface area contributed by atoms with Crippen molar-refractivity contribution < 1.29 is 28.2 Å². The minimum atomic E-state index is -1.03. The second kappa shape index (κ2) is 12.7. The topological polar surface area (TPSA) is 122 Å². The average Bonchev–Trinajstić information content (AvgIpc) is 2.94. The van der Waals surface area contributed by atoms with E-state index in [2.05, 4.69) is 19.2 Å². The van der Waals surface area contributed by atoms with Crippen LogP contribution in [-0.2, 0) is 32.0 Å². The molecule has 0 bridgehead atoms. The van der Waals surface area contributed by atoms with E-state index in [1.54, 1.807) is 6.20 Å². The van der Waals surface area contributed by atoms with Gasteiger partial charge >= 0.3 is 0 Å². The van der Waals surface area contributed by atoms with Gasteiger partial charge in [-0.1, -0.05) is 31.5 Å². The molecule has 3 N–H and O–H groups in total. The number of pyridine rings is 1. The number of primary amides is 1. The molecule has 2 aliphatic heterocycles. The average molecular weight is 598 g/mol. The Hall–Kier alpha value is -3.57. The molecule has 0 saturated carbocycles. The van der Waals surface area contributed by atoms with Crippen LogP contribution >= 0.6 is 11.6 Å². The first-order valence-electron chi connectivity index (χ1n) is 13.9. The smallest absolute Gasteiger partial charge is 0.251 e. The van der Waals surface area contributed by atoms with Crippen molar-refractivity contribution in [2.24, 2.45) is 11.7 Å². The van der Waals surface area contributed by atoms with Gasteiger partial charge in [-0.25, -0.2) is 4.39 Å². The zero-order chi connectivity index (χ0) is 30.0. The van der Waals surface area contributed by atoms with E-state index >= 15 is 0 Å². The number of carbonyl (C=O) groups excluding carboxylic acids is 2.